The number of primary sulfonamides is 1. The van der Waals surface area contributed by atoms with E-state index in [4.69, 9.17) is 10.2 Å². The van der Waals surface area contributed by atoms with E-state index in [1.54, 1.807) is 0 Å². The van der Waals surface area contributed by atoms with Crippen molar-refractivity contribution in [2.75, 3.05) is 18.9 Å². The second kappa shape index (κ2) is 8.36. The molecule has 0 saturated heterocycles. The number of hydrogen-bond acceptors (Lipinski definition) is 5. The molecule has 1 aromatic rings. The highest BCUT2D eigenvalue weighted by molar-refractivity contribution is 7.89. The van der Waals surface area contributed by atoms with Crippen LogP contribution in [0.15, 0.2) is 18.5 Å². The van der Waals surface area contributed by atoms with E-state index in [2.05, 4.69) is 22.1 Å². The maximum atomic E-state index is 12.0. The van der Waals surface area contributed by atoms with E-state index in [0.29, 0.717) is 17.5 Å². The number of hydrogen-bond donors (Lipinski definition) is 3. The zero-order valence-corrected chi connectivity index (χ0v) is 12.2. The fraction of sp³-hybridized carbons (Fsp3) is 0.385. The lowest BCUT2D eigenvalue weighted by Gasteiger charge is -2.06. The van der Waals surface area contributed by atoms with Crippen LogP contribution in [0.4, 0.5) is 0 Å². The summed E-state index contributed by atoms with van der Waals surface area (Å²) in [5, 5.41) is 16.1. The molecule has 1 rings (SSSR count). The second-order valence-electron chi connectivity index (χ2n) is 4.17. The molecule has 114 valence electrons. The van der Waals surface area contributed by atoms with Crippen LogP contribution in [-0.2, 0) is 10.0 Å². The Morgan fingerprint density at radius 1 is 1.48 bits per heavy atom. The first kappa shape index (κ1) is 17.1. The maximum absolute atomic E-state index is 12.0. The predicted molar refractivity (Wildman–Crippen MR) is 77.7 cm³/mol. The summed E-state index contributed by atoms with van der Waals surface area (Å²) in [5.74, 6) is 4.93. The van der Waals surface area contributed by atoms with Crippen molar-refractivity contribution in [2.24, 2.45) is 5.14 Å². The first-order chi connectivity index (χ1) is 9.94. The van der Waals surface area contributed by atoms with E-state index >= 15 is 0 Å². The van der Waals surface area contributed by atoms with E-state index in [1.807, 2.05) is 0 Å². The van der Waals surface area contributed by atoms with Gasteiger partial charge in [0.15, 0.2) is 0 Å². The first-order valence-corrected chi connectivity index (χ1v) is 7.98. The molecule has 0 unspecified atom stereocenters. The highest BCUT2D eigenvalue weighted by Gasteiger charge is 2.10. The molecule has 0 radical (unpaired) electrons. The summed E-state index contributed by atoms with van der Waals surface area (Å²) in [7, 11) is -3.52. The lowest BCUT2D eigenvalue weighted by Crippen LogP contribution is -2.27. The highest BCUT2D eigenvalue weighted by atomic mass is 32.2. The molecule has 0 atom stereocenters. The normalized spacial score (nSPS) is 10.6. The van der Waals surface area contributed by atoms with Gasteiger partial charge in [0.05, 0.1) is 23.5 Å². The first-order valence-electron chi connectivity index (χ1n) is 6.26. The van der Waals surface area contributed by atoms with Crippen molar-refractivity contribution >= 4 is 15.9 Å². The van der Waals surface area contributed by atoms with Crippen LogP contribution in [-0.4, -0.2) is 43.3 Å². The van der Waals surface area contributed by atoms with Gasteiger partial charge in [0.1, 0.15) is 0 Å². The van der Waals surface area contributed by atoms with Gasteiger partial charge in [-0.15, -0.1) is 0 Å². The molecule has 0 fully saturated rings. The van der Waals surface area contributed by atoms with Crippen molar-refractivity contribution in [1.82, 2.24) is 10.3 Å². The molecular weight excluding hydrogens is 294 g/mol. The molecule has 0 bridgehead atoms. The minimum Gasteiger partial charge on any atom is -0.395 e. The van der Waals surface area contributed by atoms with Gasteiger partial charge in [-0.05, 0) is 12.5 Å². The number of pyridine rings is 1. The Labute approximate surface area is 123 Å². The van der Waals surface area contributed by atoms with Gasteiger partial charge in [-0.2, -0.15) is 0 Å². The summed E-state index contributed by atoms with van der Waals surface area (Å²) in [6, 6.07) is 1.53. The number of nitrogens with one attached hydrogen (secondary N) is 1. The monoisotopic (exact) mass is 311 g/mol. The predicted octanol–water partition coefficient (Wildman–Crippen LogP) is -0.776. The van der Waals surface area contributed by atoms with E-state index < -0.39 is 10.0 Å². The molecule has 1 amide bonds. The van der Waals surface area contributed by atoms with Gasteiger partial charge in [0.2, 0.25) is 10.0 Å². The van der Waals surface area contributed by atoms with Crippen LogP contribution in [0.25, 0.3) is 0 Å². The largest absolute Gasteiger partial charge is 0.395 e. The molecule has 0 spiro atoms. The van der Waals surface area contributed by atoms with E-state index in [-0.39, 0.29) is 31.2 Å². The van der Waals surface area contributed by atoms with Crippen LogP contribution in [0.1, 0.15) is 28.8 Å². The number of aromatic nitrogens is 1. The Hall–Kier alpha value is -1.95. The van der Waals surface area contributed by atoms with Crippen molar-refractivity contribution < 1.29 is 18.3 Å². The van der Waals surface area contributed by atoms with Crippen molar-refractivity contribution in [2.45, 2.75) is 12.8 Å². The van der Waals surface area contributed by atoms with Gasteiger partial charge >= 0.3 is 0 Å². The number of carbonyl (C=O) groups is 1. The van der Waals surface area contributed by atoms with Crippen molar-refractivity contribution in [3.8, 4) is 11.8 Å². The van der Waals surface area contributed by atoms with Gasteiger partial charge in [-0.3, -0.25) is 9.78 Å². The second-order valence-corrected chi connectivity index (χ2v) is 5.91. The molecule has 0 aromatic carbocycles. The third-order valence-corrected chi connectivity index (χ3v) is 3.27. The number of rotatable bonds is 6. The van der Waals surface area contributed by atoms with Crippen molar-refractivity contribution in [3.05, 3.63) is 29.6 Å². The number of aliphatic hydroxyl groups excluding tert-OH is 1. The summed E-state index contributed by atoms with van der Waals surface area (Å²) in [6.45, 7) is 0.142. The summed E-state index contributed by atoms with van der Waals surface area (Å²) < 4.78 is 21.5. The SMILES string of the molecule is NS(=O)(=O)CCCNC(=O)c1ccncc1C#CCCO. The number of aliphatic hydroxyl groups is 1. The topological polar surface area (TPSA) is 122 Å². The summed E-state index contributed by atoms with van der Waals surface area (Å²) in [6.07, 6.45) is 3.48. The molecule has 4 N–H and O–H groups in total. The molecule has 7 nitrogen and oxygen atoms in total. The van der Waals surface area contributed by atoms with E-state index in [0.717, 1.165) is 0 Å². The number of amides is 1. The van der Waals surface area contributed by atoms with Crippen LogP contribution >= 0.6 is 0 Å². The zero-order valence-electron chi connectivity index (χ0n) is 11.4. The molecule has 8 heteroatoms. The average Bonchev–Trinajstić information content (AvgIpc) is 2.43. The zero-order chi connectivity index (χ0) is 15.7. The fourth-order valence-electron chi connectivity index (χ4n) is 1.48. The third-order valence-electron chi connectivity index (χ3n) is 2.42. The Morgan fingerprint density at radius 3 is 2.90 bits per heavy atom. The van der Waals surface area contributed by atoms with Gasteiger partial charge in [-0.1, -0.05) is 11.8 Å². The molecule has 0 saturated carbocycles. The lowest BCUT2D eigenvalue weighted by atomic mass is 10.1. The van der Waals surface area contributed by atoms with Gasteiger partial charge in [0, 0.05) is 25.4 Å². The Bertz CT molecular complexity index is 647. The van der Waals surface area contributed by atoms with Crippen LogP contribution in [0.3, 0.4) is 0 Å². The lowest BCUT2D eigenvalue weighted by molar-refractivity contribution is 0.0953. The standard InChI is InChI=1S/C13H17N3O4S/c14-21(19,20)9-3-6-16-13(18)12-5-7-15-10-11(12)4-1-2-8-17/h5,7,10,17H,2-3,6,8-9H2,(H,16,18)(H2,14,19,20). The van der Waals surface area contributed by atoms with Crippen LogP contribution in [0, 0.1) is 11.8 Å². The number of nitrogens with two attached hydrogens (primary N) is 1. The van der Waals surface area contributed by atoms with E-state index in [1.165, 1.54) is 18.5 Å². The molecule has 0 aliphatic heterocycles. The van der Waals surface area contributed by atoms with Gasteiger partial charge in [-0.25, -0.2) is 13.6 Å². The Morgan fingerprint density at radius 2 is 2.24 bits per heavy atom. The van der Waals surface area contributed by atoms with E-state index in [9.17, 15) is 13.2 Å². The Balaban J connectivity index is 2.64. The minimum absolute atomic E-state index is 0.0532. The molecule has 1 heterocycles. The quantitative estimate of drug-likeness (QED) is 0.470. The Kier molecular flexibility index (Phi) is 6.81. The van der Waals surface area contributed by atoms with Crippen molar-refractivity contribution in [3.63, 3.8) is 0 Å². The smallest absolute Gasteiger partial charge is 0.252 e. The number of sulfonamides is 1. The van der Waals surface area contributed by atoms with Crippen LogP contribution in [0.5, 0.6) is 0 Å². The number of nitrogens with zero attached hydrogens (tertiary/aromatic N) is 1. The minimum atomic E-state index is -3.52. The highest BCUT2D eigenvalue weighted by Crippen LogP contribution is 2.05. The molecule has 0 aliphatic carbocycles. The third kappa shape index (κ3) is 6.85. The number of carbonyl (C=O) groups excluding carboxylic acids is 1. The van der Waals surface area contributed by atoms with Gasteiger partial charge < -0.3 is 10.4 Å². The summed E-state index contributed by atoms with van der Waals surface area (Å²) in [5.41, 5.74) is 0.806. The van der Waals surface area contributed by atoms with Crippen molar-refractivity contribution in [1.29, 1.82) is 0 Å². The van der Waals surface area contributed by atoms with Crippen LogP contribution < -0.4 is 10.5 Å². The molecule has 1 aromatic heterocycles. The molecule has 21 heavy (non-hydrogen) atoms. The molecular formula is C13H17N3O4S. The average molecular weight is 311 g/mol. The fourth-order valence-corrected chi connectivity index (χ4v) is 2.02. The maximum Gasteiger partial charge on any atom is 0.252 e. The van der Waals surface area contributed by atoms with Crippen LogP contribution in [0.2, 0.25) is 0 Å². The summed E-state index contributed by atoms with van der Waals surface area (Å²) in [4.78, 5) is 15.9. The molecule has 0 aliphatic rings. The van der Waals surface area contributed by atoms with Gasteiger partial charge in [0.25, 0.3) is 5.91 Å². The summed E-state index contributed by atoms with van der Waals surface area (Å²) >= 11 is 0.